The summed E-state index contributed by atoms with van der Waals surface area (Å²) >= 11 is 1.41. The molecule has 4 bridgehead atoms. The molecule has 1 aromatic heterocycles. The predicted octanol–water partition coefficient (Wildman–Crippen LogP) is 2.85. The Hall–Kier alpha value is -2.53. The standard InChI is InChI=1S/C32H50N6O4S/c1-21(2)37-14-8-23-16-27(39)34-11-7-29-35-22(3)31(43-29)32(42)38-15-9-24(18-30(41)36-12-4-5-13-36)26(20-38)17-28(40)33-10-6-25(23)19-37/h21,23-26H,4-20H2,1-3H3,(H,33,40)(H,34,39)/t23-,24-,25-,26-/m0/s1. The van der Waals surface area contributed by atoms with Crippen molar-refractivity contribution in [1.29, 1.82) is 0 Å². The minimum atomic E-state index is -0.0697. The van der Waals surface area contributed by atoms with E-state index in [1.807, 2.05) is 16.7 Å². The number of piperidine rings is 2. The molecule has 0 aromatic carbocycles. The highest BCUT2D eigenvalue weighted by Crippen LogP contribution is 2.33. The average molecular weight is 615 g/mol. The van der Waals surface area contributed by atoms with E-state index in [1.54, 1.807) is 0 Å². The van der Waals surface area contributed by atoms with E-state index >= 15 is 0 Å². The van der Waals surface area contributed by atoms with Gasteiger partial charge in [0.1, 0.15) is 4.88 Å². The van der Waals surface area contributed by atoms with Gasteiger partial charge in [-0.1, -0.05) is 0 Å². The van der Waals surface area contributed by atoms with Gasteiger partial charge in [0.15, 0.2) is 0 Å². The van der Waals surface area contributed by atoms with Crippen LogP contribution in [0.25, 0.3) is 0 Å². The molecule has 3 saturated heterocycles. The van der Waals surface area contributed by atoms with Gasteiger partial charge in [0.05, 0.1) is 10.7 Å². The highest BCUT2D eigenvalue weighted by Gasteiger charge is 2.37. The summed E-state index contributed by atoms with van der Waals surface area (Å²) in [5.74, 6) is 0.815. The monoisotopic (exact) mass is 614 g/mol. The Morgan fingerprint density at radius 3 is 2.37 bits per heavy atom. The highest BCUT2D eigenvalue weighted by molar-refractivity contribution is 7.13. The van der Waals surface area contributed by atoms with Crippen LogP contribution >= 0.6 is 11.3 Å². The third-order valence-corrected chi connectivity index (χ3v) is 11.4. The summed E-state index contributed by atoms with van der Waals surface area (Å²) in [5, 5.41) is 7.12. The first-order valence-corrected chi connectivity index (χ1v) is 17.3. The van der Waals surface area contributed by atoms with Crippen LogP contribution in [0.15, 0.2) is 0 Å². The molecule has 5 rings (SSSR count). The zero-order valence-corrected chi connectivity index (χ0v) is 27.1. The van der Waals surface area contributed by atoms with Gasteiger partial charge in [0.25, 0.3) is 5.91 Å². The molecule has 5 heterocycles. The molecular formula is C32H50N6O4S. The number of rotatable bonds is 3. The lowest BCUT2D eigenvalue weighted by atomic mass is 9.80. The number of nitrogens with one attached hydrogen (secondary N) is 2. The van der Waals surface area contributed by atoms with Gasteiger partial charge in [-0.2, -0.15) is 0 Å². The molecule has 3 fully saturated rings. The minimum absolute atomic E-state index is 0.0158. The molecule has 0 spiro atoms. The molecule has 11 heteroatoms. The Morgan fingerprint density at radius 2 is 1.63 bits per heavy atom. The molecule has 4 aliphatic heterocycles. The van der Waals surface area contributed by atoms with Gasteiger partial charge in [-0.15, -0.1) is 11.3 Å². The lowest BCUT2D eigenvalue weighted by molar-refractivity contribution is -0.133. The van der Waals surface area contributed by atoms with Crippen molar-refractivity contribution >= 4 is 35.0 Å². The molecule has 10 nitrogen and oxygen atoms in total. The normalized spacial score (nSPS) is 28.5. The van der Waals surface area contributed by atoms with Crippen molar-refractivity contribution in [3.05, 3.63) is 15.6 Å². The molecule has 0 radical (unpaired) electrons. The minimum Gasteiger partial charge on any atom is -0.356 e. The number of hydrogen-bond acceptors (Lipinski definition) is 7. The van der Waals surface area contributed by atoms with Gasteiger partial charge < -0.3 is 25.3 Å². The van der Waals surface area contributed by atoms with Crippen molar-refractivity contribution in [3.8, 4) is 0 Å². The van der Waals surface area contributed by atoms with Gasteiger partial charge in [-0.25, -0.2) is 4.98 Å². The summed E-state index contributed by atoms with van der Waals surface area (Å²) in [4.78, 5) is 64.7. The zero-order chi connectivity index (χ0) is 30.5. The lowest BCUT2D eigenvalue weighted by Crippen LogP contribution is -2.47. The second-order valence-electron chi connectivity index (χ2n) is 13.4. The summed E-state index contributed by atoms with van der Waals surface area (Å²) in [7, 11) is 0. The predicted molar refractivity (Wildman–Crippen MR) is 167 cm³/mol. The molecule has 0 aliphatic carbocycles. The second kappa shape index (κ2) is 14.5. The van der Waals surface area contributed by atoms with Crippen LogP contribution < -0.4 is 10.6 Å². The smallest absolute Gasteiger partial charge is 0.265 e. The Morgan fingerprint density at radius 1 is 0.907 bits per heavy atom. The fraction of sp³-hybridized carbons (Fsp3) is 0.781. The van der Waals surface area contributed by atoms with Crippen LogP contribution in [0.2, 0.25) is 0 Å². The molecule has 4 aliphatic rings. The number of carbonyl (C=O) groups is 4. The lowest BCUT2D eigenvalue weighted by Gasteiger charge is -2.40. The van der Waals surface area contributed by atoms with Gasteiger partial charge >= 0.3 is 0 Å². The number of nitrogens with zero attached hydrogens (tertiary/aromatic N) is 4. The molecule has 0 saturated carbocycles. The summed E-state index contributed by atoms with van der Waals surface area (Å²) in [6, 6.07) is 0.449. The number of hydrogen-bond donors (Lipinski definition) is 2. The zero-order valence-electron chi connectivity index (χ0n) is 26.2. The van der Waals surface area contributed by atoms with Crippen molar-refractivity contribution in [2.45, 2.75) is 84.6 Å². The van der Waals surface area contributed by atoms with Crippen molar-refractivity contribution in [1.82, 2.24) is 30.3 Å². The van der Waals surface area contributed by atoms with E-state index in [9.17, 15) is 19.2 Å². The Balaban J connectivity index is 1.33. The van der Waals surface area contributed by atoms with Crippen molar-refractivity contribution in [2.24, 2.45) is 23.7 Å². The van der Waals surface area contributed by atoms with Crippen LogP contribution in [-0.2, 0) is 20.8 Å². The average Bonchev–Trinajstić information content (AvgIpc) is 3.64. The fourth-order valence-corrected chi connectivity index (χ4v) is 8.52. The topological polar surface area (TPSA) is 115 Å². The number of aryl methyl sites for hydroxylation is 1. The molecule has 238 valence electrons. The third-order valence-electron chi connectivity index (χ3n) is 10.2. The van der Waals surface area contributed by atoms with Gasteiger partial charge in [0.2, 0.25) is 17.7 Å². The van der Waals surface area contributed by atoms with Crippen molar-refractivity contribution < 1.29 is 19.2 Å². The van der Waals surface area contributed by atoms with E-state index in [0.29, 0.717) is 74.4 Å². The molecule has 4 amide bonds. The first-order chi connectivity index (χ1) is 20.7. The Bertz CT molecular complexity index is 1160. The largest absolute Gasteiger partial charge is 0.356 e. The van der Waals surface area contributed by atoms with E-state index in [-0.39, 0.29) is 41.4 Å². The number of fused-ring (bicyclic) bond motifs is 5. The number of carbonyl (C=O) groups excluding carboxylic acids is 4. The van der Waals surface area contributed by atoms with Crippen LogP contribution in [0.4, 0.5) is 0 Å². The van der Waals surface area contributed by atoms with E-state index in [0.717, 1.165) is 63.3 Å². The molecule has 2 N–H and O–H groups in total. The van der Waals surface area contributed by atoms with Crippen molar-refractivity contribution in [2.75, 3.05) is 52.4 Å². The second-order valence-corrected chi connectivity index (χ2v) is 14.5. The molecule has 1 aromatic rings. The maximum Gasteiger partial charge on any atom is 0.265 e. The van der Waals surface area contributed by atoms with Crippen LogP contribution in [0.1, 0.15) is 85.6 Å². The third kappa shape index (κ3) is 8.15. The fourth-order valence-electron chi connectivity index (χ4n) is 7.49. The van der Waals surface area contributed by atoms with E-state index in [1.165, 1.54) is 11.3 Å². The van der Waals surface area contributed by atoms with E-state index < -0.39 is 0 Å². The Labute approximate surface area is 260 Å². The van der Waals surface area contributed by atoms with E-state index in [4.69, 9.17) is 0 Å². The van der Waals surface area contributed by atoms with Gasteiger partial charge in [-0.05, 0) is 83.1 Å². The number of likely N-dealkylation sites (tertiary alicyclic amines) is 2. The molecule has 4 atom stereocenters. The quantitative estimate of drug-likeness (QED) is 0.541. The van der Waals surface area contributed by atoms with Gasteiger partial charge in [0, 0.05) is 77.5 Å². The van der Waals surface area contributed by atoms with Gasteiger partial charge in [-0.3, -0.25) is 19.2 Å². The van der Waals surface area contributed by atoms with Crippen LogP contribution in [0, 0.1) is 30.6 Å². The molecular weight excluding hydrogens is 564 g/mol. The molecule has 0 unspecified atom stereocenters. The van der Waals surface area contributed by atoms with E-state index in [2.05, 4.69) is 34.4 Å². The maximum absolute atomic E-state index is 13.7. The first-order valence-electron chi connectivity index (χ1n) is 16.5. The van der Waals surface area contributed by atoms with Crippen LogP contribution in [-0.4, -0.2) is 102 Å². The Kier molecular flexibility index (Phi) is 10.8. The summed E-state index contributed by atoms with van der Waals surface area (Å²) in [5.41, 5.74) is 0.714. The highest BCUT2D eigenvalue weighted by atomic mass is 32.1. The molecule has 43 heavy (non-hydrogen) atoms. The number of thiazole rings is 1. The number of amides is 4. The number of aromatic nitrogens is 1. The maximum atomic E-state index is 13.7. The van der Waals surface area contributed by atoms with Crippen molar-refractivity contribution in [3.63, 3.8) is 0 Å². The summed E-state index contributed by atoms with van der Waals surface area (Å²) in [6.07, 6.45) is 6.49. The first kappa shape index (κ1) is 31.9. The van der Waals surface area contributed by atoms with Crippen LogP contribution in [0.3, 0.4) is 0 Å². The summed E-state index contributed by atoms with van der Waals surface area (Å²) in [6.45, 7) is 12.0. The van der Waals surface area contributed by atoms with Crippen LogP contribution in [0.5, 0.6) is 0 Å². The summed E-state index contributed by atoms with van der Waals surface area (Å²) < 4.78 is 0. The SMILES string of the molecule is Cc1nc2sc1C(=O)N1CC[C@@H](CC(=O)N3CCCC3)[C@@H](CC(=O)NCC[C@H]3CN(C(C)C)CC[C@H]3CC(=O)NCC2)C1.